The first-order valence-electron chi connectivity index (χ1n) is 12.0. The summed E-state index contributed by atoms with van der Waals surface area (Å²) in [6.07, 6.45) is 2.45. The van der Waals surface area contributed by atoms with Crippen molar-refractivity contribution in [2.24, 2.45) is 0 Å². The van der Waals surface area contributed by atoms with Gasteiger partial charge >= 0.3 is 0 Å². The van der Waals surface area contributed by atoms with Gasteiger partial charge in [0.25, 0.3) is 0 Å². The molecule has 8 heteroatoms. The molecule has 2 aliphatic rings. The number of aryl methyl sites for hydroxylation is 1. The fourth-order valence-electron chi connectivity index (χ4n) is 5.04. The monoisotopic (exact) mass is 517 g/mol. The second kappa shape index (κ2) is 9.64. The number of carbonyl (C=O) groups is 1. The van der Waals surface area contributed by atoms with Crippen LogP contribution in [0.15, 0.2) is 76.1 Å². The zero-order chi connectivity index (χ0) is 24.6. The Kier molecular flexibility index (Phi) is 6.19. The summed E-state index contributed by atoms with van der Waals surface area (Å²) in [6.45, 7) is 0.519. The van der Waals surface area contributed by atoms with Gasteiger partial charge in [0, 0.05) is 40.7 Å². The second-order valence-corrected chi connectivity index (χ2v) is 11.2. The molecular formula is C28H24ClN3O3S. The highest BCUT2D eigenvalue weighted by atomic mass is 35.5. The van der Waals surface area contributed by atoms with Crippen LogP contribution in [0.4, 0.5) is 5.69 Å². The normalized spacial score (nSPS) is 17.3. The van der Waals surface area contributed by atoms with Crippen LogP contribution in [0.5, 0.6) is 0 Å². The lowest BCUT2D eigenvalue weighted by Crippen LogP contribution is -2.24. The summed E-state index contributed by atoms with van der Waals surface area (Å²) in [5.74, 6) is 1.49. The molecule has 36 heavy (non-hydrogen) atoms. The molecule has 0 spiro atoms. The SMILES string of the molecule is O=C1CC(c2nc(CCCS(=O)c3cccc(Cl)c3)no2)CN1c1ccc2c(c1)Cc1ccccc1-2. The maximum absolute atomic E-state index is 12.9. The molecule has 0 radical (unpaired) electrons. The molecule has 0 N–H and O–H groups in total. The highest BCUT2D eigenvalue weighted by Gasteiger charge is 2.35. The largest absolute Gasteiger partial charge is 0.339 e. The van der Waals surface area contributed by atoms with Gasteiger partial charge < -0.3 is 9.42 Å². The van der Waals surface area contributed by atoms with E-state index < -0.39 is 10.8 Å². The Morgan fingerprint density at radius 1 is 1.03 bits per heavy atom. The van der Waals surface area contributed by atoms with Crippen molar-refractivity contribution in [3.63, 3.8) is 0 Å². The van der Waals surface area contributed by atoms with Crippen molar-refractivity contribution in [3.8, 4) is 11.1 Å². The summed E-state index contributed by atoms with van der Waals surface area (Å²) >= 11 is 5.99. The first-order valence-corrected chi connectivity index (χ1v) is 13.7. The van der Waals surface area contributed by atoms with E-state index in [4.69, 9.17) is 16.1 Å². The predicted molar refractivity (Wildman–Crippen MR) is 140 cm³/mol. The molecule has 1 amide bonds. The summed E-state index contributed by atoms with van der Waals surface area (Å²) in [5, 5.41) is 4.68. The van der Waals surface area contributed by atoms with Crippen molar-refractivity contribution in [1.29, 1.82) is 0 Å². The molecule has 1 aliphatic carbocycles. The Hall–Kier alpha value is -3.29. The van der Waals surface area contributed by atoms with Crippen molar-refractivity contribution in [2.45, 2.75) is 36.5 Å². The van der Waals surface area contributed by atoms with E-state index in [1.54, 1.807) is 18.2 Å². The Morgan fingerprint density at radius 3 is 2.78 bits per heavy atom. The molecule has 1 aliphatic heterocycles. The highest BCUT2D eigenvalue weighted by molar-refractivity contribution is 7.85. The Labute approximate surface area is 216 Å². The lowest BCUT2D eigenvalue weighted by atomic mass is 10.1. The second-order valence-electron chi connectivity index (χ2n) is 9.24. The van der Waals surface area contributed by atoms with E-state index in [-0.39, 0.29) is 11.8 Å². The van der Waals surface area contributed by atoms with Crippen molar-refractivity contribution >= 4 is 34.0 Å². The third-order valence-electron chi connectivity index (χ3n) is 6.84. The van der Waals surface area contributed by atoms with Crippen molar-refractivity contribution < 1.29 is 13.5 Å². The summed E-state index contributed by atoms with van der Waals surface area (Å²) < 4.78 is 18.0. The van der Waals surface area contributed by atoms with Gasteiger partial charge in [-0.1, -0.05) is 53.2 Å². The maximum Gasteiger partial charge on any atom is 0.232 e. The van der Waals surface area contributed by atoms with E-state index >= 15 is 0 Å². The molecule has 2 atom stereocenters. The molecule has 4 aromatic rings. The molecular weight excluding hydrogens is 494 g/mol. The number of fused-ring (bicyclic) bond motifs is 3. The molecule has 0 saturated carbocycles. The van der Waals surface area contributed by atoms with Crippen LogP contribution in [0, 0.1) is 0 Å². The molecule has 1 saturated heterocycles. The topological polar surface area (TPSA) is 76.3 Å². The fraction of sp³-hybridized carbons (Fsp3) is 0.250. The number of amides is 1. The van der Waals surface area contributed by atoms with Gasteiger partial charge in [-0.2, -0.15) is 4.98 Å². The van der Waals surface area contributed by atoms with Gasteiger partial charge in [-0.05, 0) is 65.4 Å². The molecule has 1 fully saturated rings. The van der Waals surface area contributed by atoms with Crippen LogP contribution in [-0.4, -0.2) is 32.6 Å². The minimum Gasteiger partial charge on any atom is -0.339 e. The van der Waals surface area contributed by atoms with Gasteiger partial charge in [0.15, 0.2) is 5.82 Å². The van der Waals surface area contributed by atoms with Gasteiger partial charge in [0.1, 0.15) is 0 Å². The van der Waals surface area contributed by atoms with E-state index in [1.165, 1.54) is 22.3 Å². The van der Waals surface area contributed by atoms with Gasteiger partial charge in [-0.15, -0.1) is 0 Å². The van der Waals surface area contributed by atoms with Crippen LogP contribution in [0.25, 0.3) is 11.1 Å². The van der Waals surface area contributed by atoms with Crippen LogP contribution in [0.1, 0.15) is 41.6 Å². The number of halogens is 1. The number of hydrogen-bond donors (Lipinski definition) is 0. The first-order chi connectivity index (χ1) is 17.5. The molecule has 6 rings (SSSR count). The zero-order valence-electron chi connectivity index (χ0n) is 19.5. The molecule has 182 valence electrons. The minimum absolute atomic E-state index is 0.0622. The number of anilines is 1. The standard InChI is InChI=1S/C28H24ClN3O3S/c29-21-6-3-7-23(16-21)36(34)12-4-9-26-30-28(35-31-26)20-15-27(33)32(17-20)22-10-11-25-19(14-22)13-18-5-1-2-8-24(18)25/h1-3,5-8,10-11,14,16,20H,4,9,12-13,15,17H2. The Bertz CT molecular complexity index is 1480. The number of rotatable bonds is 7. The molecule has 2 unspecified atom stereocenters. The average Bonchev–Trinajstić information content (AvgIpc) is 3.60. The Balaban J connectivity index is 1.08. The van der Waals surface area contributed by atoms with E-state index in [1.807, 2.05) is 17.0 Å². The van der Waals surface area contributed by atoms with Gasteiger partial charge in [0.2, 0.25) is 11.8 Å². The number of nitrogens with zero attached hydrogens (tertiary/aromatic N) is 3. The zero-order valence-corrected chi connectivity index (χ0v) is 21.1. The average molecular weight is 518 g/mol. The number of hydrogen-bond acceptors (Lipinski definition) is 5. The smallest absolute Gasteiger partial charge is 0.232 e. The quantitative estimate of drug-likeness (QED) is 0.283. The van der Waals surface area contributed by atoms with Crippen LogP contribution in [0.2, 0.25) is 5.02 Å². The van der Waals surface area contributed by atoms with Crippen LogP contribution < -0.4 is 4.90 Å². The molecule has 0 bridgehead atoms. The highest BCUT2D eigenvalue weighted by Crippen LogP contribution is 2.39. The van der Waals surface area contributed by atoms with E-state index in [0.717, 1.165) is 17.0 Å². The van der Waals surface area contributed by atoms with Crippen LogP contribution >= 0.6 is 11.6 Å². The number of carbonyl (C=O) groups excluding carboxylic acids is 1. The number of benzene rings is 3. The third-order valence-corrected chi connectivity index (χ3v) is 8.51. The van der Waals surface area contributed by atoms with Crippen molar-refractivity contribution in [1.82, 2.24) is 10.1 Å². The lowest BCUT2D eigenvalue weighted by molar-refractivity contribution is -0.117. The number of aromatic nitrogens is 2. The summed E-state index contributed by atoms with van der Waals surface area (Å²) in [6, 6.07) is 21.8. The van der Waals surface area contributed by atoms with Crippen LogP contribution in [-0.2, 0) is 28.4 Å². The molecule has 1 aromatic heterocycles. The molecule has 3 aromatic carbocycles. The van der Waals surface area contributed by atoms with Gasteiger partial charge in [-0.3, -0.25) is 9.00 Å². The van der Waals surface area contributed by atoms with Crippen molar-refractivity contribution in [3.05, 3.63) is 94.6 Å². The third kappa shape index (κ3) is 4.49. The maximum atomic E-state index is 12.9. The summed E-state index contributed by atoms with van der Waals surface area (Å²) in [7, 11) is -1.13. The van der Waals surface area contributed by atoms with E-state index in [0.29, 0.717) is 48.3 Å². The first kappa shape index (κ1) is 23.1. The predicted octanol–water partition coefficient (Wildman–Crippen LogP) is 5.56. The lowest BCUT2D eigenvalue weighted by Gasteiger charge is -2.17. The van der Waals surface area contributed by atoms with E-state index in [9.17, 15) is 9.00 Å². The van der Waals surface area contributed by atoms with Crippen molar-refractivity contribution in [2.75, 3.05) is 17.2 Å². The summed E-state index contributed by atoms with van der Waals surface area (Å²) in [5.41, 5.74) is 6.01. The van der Waals surface area contributed by atoms with Crippen LogP contribution in [0.3, 0.4) is 0 Å². The van der Waals surface area contributed by atoms with Gasteiger partial charge in [-0.25, -0.2) is 0 Å². The van der Waals surface area contributed by atoms with E-state index in [2.05, 4.69) is 46.5 Å². The fourth-order valence-corrected chi connectivity index (χ4v) is 6.43. The molecule has 2 heterocycles. The Morgan fingerprint density at radius 2 is 1.89 bits per heavy atom. The minimum atomic E-state index is -1.13. The molecule has 6 nitrogen and oxygen atoms in total. The van der Waals surface area contributed by atoms with Gasteiger partial charge in [0.05, 0.1) is 16.7 Å². The summed E-state index contributed by atoms with van der Waals surface area (Å²) in [4.78, 5) is 20.0.